The summed E-state index contributed by atoms with van der Waals surface area (Å²) in [6.07, 6.45) is 2.56. The van der Waals surface area contributed by atoms with E-state index in [1.54, 1.807) is 31.1 Å². The van der Waals surface area contributed by atoms with Gasteiger partial charge in [0.15, 0.2) is 0 Å². The van der Waals surface area contributed by atoms with Crippen molar-refractivity contribution >= 4 is 27.5 Å². The maximum atomic E-state index is 12.9. The lowest BCUT2D eigenvalue weighted by atomic mass is 10.2. The standard InChI is InChI=1S/C17H23N3O4S/c1-18(2)17(22)15-5-3-12-20(15)25(23,24)14-9-7-13(8-10-14)19-11-4-6-16(19)21/h7-10,15H,3-6,11-12H2,1-2H3/t15-/m0/s1. The summed E-state index contributed by atoms with van der Waals surface area (Å²) in [4.78, 5) is 27.3. The Labute approximate surface area is 148 Å². The molecule has 1 aromatic rings. The molecule has 0 bridgehead atoms. The Morgan fingerprint density at radius 1 is 1.12 bits per heavy atom. The van der Waals surface area contributed by atoms with E-state index >= 15 is 0 Å². The van der Waals surface area contributed by atoms with E-state index in [9.17, 15) is 18.0 Å². The summed E-state index contributed by atoms with van der Waals surface area (Å²) in [6, 6.07) is 5.72. The molecule has 2 aliphatic rings. The maximum Gasteiger partial charge on any atom is 0.243 e. The monoisotopic (exact) mass is 365 g/mol. The van der Waals surface area contributed by atoms with E-state index in [1.807, 2.05) is 0 Å². The second-order valence-corrected chi connectivity index (χ2v) is 8.54. The predicted molar refractivity (Wildman–Crippen MR) is 93.6 cm³/mol. The van der Waals surface area contributed by atoms with Gasteiger partial charge in [-0.05, 0) is 43.5 Å². The lowest BCUT2D eigenvalue weighted by molar-refractivity contribution is -0.132. The lowest BCUT2D eigenvalue weighted by Gasteiger charge is -2.25. The molecule has 0 spiro atoms. The van der Waals surface area contributed by atoms with Crippen LogP contribution in [0.25, 0.3) is 0 Å². The molecule has 7 nitrogen and oxygen atoms in total. The molecule has 2 amide bonds. The number of benzene rings is 1. The van der Waals surface area contributed by atoms with Gasteiger partial charge in [-0.3, -0.25) is 9.59 Å². The molecule has 0 saturated carbocycles. The molecule has 1 aromatic carbocycles. The third-order valence-electron chi connectivity index (χ3n) is 4.76. The van der Waals surface area contributed by atoms with E-state index in [-0.39, 0.29) is 16.7 Å². The number of hydrogen-bond acceptors (Lipinski definition) is 4. The van der Waals surface area contributed by atoms with E-state index in [0.717, 1.165) is 6.42 Å². The number of hydrogen-bond donors (Lipinski definition) is 0. The van der Waals surface area contributed by atoms with Crippen molar-refractivity contribution in [2.75, 3.05) is 32.1 Å². The Morgan fingerprint density at radius 2 is 1.80 bits per heavy atom. The SMILES string of the molecule is CN(C)C(=O)[C@@H]1CCCN1S(=O)(=O)c1ccc(N2CCCC2=O)cc1. The molecule has 2 heterocycles. The zero-order valence-electron chi connectivity index (χ0n) is 14.5. The fourth-order valence-electron chi connectivity index (χ4n) is 3.43. The number of rotatable bonds is 4. The van der Waals surface area contributed by atoms with E-state index in [4.69, 9.17) is 0 Å². The first kappa shape index (κ1) is 17.9. The molecule has 2 fully saturated rings. The van der Waals surface area contributed by atoms with Gasteiger partial charge in [0.1, 0.15) is 6.04 Å². The van der Waals surface area contributed by atoms with Gasteiger partial charge >= 0.3 is 0 Å². The lowest BCUT2D eigenvalue weighted by Crippen LogP contribution is -2.45. The van der Waals surface area contributed by atoms with Crippen LogP contribution in [0.5, 0.6) is 0 Å². The van der Waals surface area contributed by atoms with Gasteiger partial charge in [0.2, 0.25) is 21.8 Å². The minimum absolute atomic E-state index is 0.0618. The molecule has 0 N–H and O–H groups in total. The number of nitrogens with zero attached hydrogens (tertiary/aromatic N) is 3. The highest BCUT2D eigenvalue weighted by Gasteiger charge is 2.40. The van der Waals surface area contributed by atoms with Crippen molar-refractivity contribution < 1.29 is 18.0 Å². The normalized spacial score (nSPS) is 21.8. The van der Waals surface area contributed by atoms with E-state index in [0.29, 0.717) is 38.0 Å². The highest BCUT2D eigenvalue weighted by Crippen LogP contribution is 2.29. The first-order valence-corrected chi connectivity index (χ1v) is 9.90. The van der Waals surface area contributed by atoms with Crippen LogP contribution in [-0.2, 0) is 19.6 Å². The molecule has 2 aliphatic heterocycles. The molecule has 0 aromatic heterocycles. The van der Waals surface area contributed by atoms with E-state index in [1.165, 1.54) is 21.3 Å². The zero-order valence-corrected chi connectivity index (χ0v) is 15.3. The number of amides is 2. The second kappa shape index (κ2) is 6.76. The van der Waals surface area contributed by atoms with Gasteiger partial charge in [-0.2, -0.15) is 4.31 Å². The summed E-state index contributed by atoms with van der Waals surface area (Å²) in [5.41, 5.74) is 0.712. The van der Waals surface area contributed by atoms with Gasteiger partial charge in [0, 0.05) is 39.3 Å². The largest absolute Gasteiger partial charge is 0.347 e. The molecule has 0 unspecified atom stereocenters. The fourth-order valence-corrected chi connectivity index (χ4v) is 5.08. The van der Waals surface area contributed by atoms with Gasteiger partial charge in [0.05, 0.1) is 4.90 Å². The molecule has 2 saturated heterocycles. The minimum atomic E-state index is -3.74. The Hall–Kier alpha value is -1.93. The van der Waals surface area contributed by atoms with Crippen LogP contribution in [0.4, 0.5) is 5.69 Å². The summed E-state index contributed by atoms with van der Waals surface area (Å²) in [5, 5.41) is 0. The Bertz CT molecular complexity index is 774. The number of carbonyl (C=O) groups excluding carboxylic acids is 2. The van der Waals surface area contributed by atoms with Crippen molar-refractivity contribution in [2.24, 2.45) is 0 Å². The van der Waals surface area contributed by atoms with Gasteiger partial charge in [0.25, 0.3) is 0 Å². The first-order valence-electron chi connectivity index (χ1n) is 8.46. The first-order chi connectivity index (χ1) is 11.8. The quantitative estimate of drug-likeness (QED) is 0.799. The molecule has 1 atom stereocenters. The smallest absolute Gasteiger partial charge is 0.243 e. The third-order valence-corrected chi connectivity index (χ3v) is 6.68. The van der Waals surface area contributed by atoms with Crippen LogP contribution in [-0.4, -0.2) is 62.7 Å². The average molecular weight is 365 g/mol. The molecular weight excluding hydrogens is 342 g/mol. The summed E-state index contributed by atoms with van der Waals surface area (Å²) in [5.74, 6) is -0.132. The zero-order chi connectivity index (χ0) is 18.2. The van der Waals surface area contributed by atoms with Crippen molar-refractivity contribution in [3.63, 3.8) is 0 Å². The van der Waals surface area contributed by atoms with Crippen LogP contribution in [0.1, 0.15) is 25.7 Å². The van der Waals surface area contributed by atoms with Crippen molar-refractivity contribution in [3.8, 4) is 0 Å². The molecule has 0 radical (unpaired) electrons. The second-order valence-electron chi connectivity index (χ2n) is 6.65. The summed E-state index contributed by atoms with van der Waals surface area (Å²) < 4.78 is 27.2. The molecular formula is C17H23N3O4S. The van der Waals surface area contributed by atoms with Gasteiger partial charge in [-0.25, -0.2) is 8.42 Å². The summed E-state index contributed by atoms with van der Waals surface area (Å²) in [7, 11) is -0.473. The number of carbonyl (C=O) groups is 2. The van der Waals surface area contributed by atoms with Crippen molar-refractivity contribution in [1.29, 1.82) is 0 Å². The topological polar surface area (TPSA) is 78.0 Å². The highest BCUT2D eigenvalue weighted by atomic mass is 32.2. The Balaban J connectivity index is 1.84. The molecule has 3 rings (SSSR count). The molecule has 136 valence electrons. The van der Waals surface area contributed by atoms with Gasteiger partial charge in [-0.15, -0.1) is 0 Å². The number of likely N-dealkylation sites (N-methyl/N-ethyl adjacent to an activating group) is 1. The molecule has 25 heavy (non-hydrogen) atoms. The minimum Gasteiger partial charge on any atom is -0.347 e. The van der Waals surface area contributed by atoms with Crippen molar-refractivity contribution in [2.45, 2.75) is 36.6 Å². The maximum absolute atomic E-state index is 12.9. The summed E-state index contributed by atoms with van der Waals surface area (Å²) >= 11 is 0. The van der Waals surface area contributed by atoms with Crippen molar-refractivity contribution in [1.82, 2.24) is 9.21 Å². The Kier molecular flexibility index (Phi) is 4.83. The average Bonchev–Trinajstić information content (AvgIpc) is 3.23. The van der Waals surface area contributed by atoms with E-state index < -0.39 is 16.1 Å². The van der Waals surface area contributed by atoms with Gasteiger partial charge < -0.3 is 9.80 Å². The fraction of sp³-hybridized carbons (Fsp3) is 0.529. The van der Waals surface area contributed by atoms with Crippen LogP contribution in [0.15, 0.2) is 29.2 Å². The number of sulfonamides is 1. The highest BCUT2D eigenvalue weighted by molar-refractivity contribution is 7.89. The van der Waals surface area contributed by atoms with Crippen LogP contribution < -0.4 is 4.90 Å². The van der Waals surface area contributed by atoms with E-state index in [2.05, 4.69) is 0 Å². The summed E-state index contributed by atoms with van der Waals surface area (Å²) in [6.45, 7) is 1.01. The van der Waals surface area contributed by atoms with Crippen molar-refractivity contribution in [3.05, 3.63) is 24.3 Å². The van der Waals surface area contributed by atoms with Gasteiger partial charge in [-0.1, -0.05) is 0 Å². The van der Waals surface area contributed by atoms with Crippen LogP contribution in [0.3, 0.4) is 0 Å². The number of anilines is 1. The molecule has 0 aliphatic carbocycles. The van der Waals surface area contributed by atoms with Crippen LogP contribution in [0.2, 0.25) is 0 Å². The van der Waals surface area contributed by atoms with Crippen LogP contribution in [0, 0.1) is 0 Å². The Morgan fingerprint density at radius 3 is 2.36 bits per heavy atom. The third kappa shape index (κ3) is 3.28. The molecule has 8 heteroatoms. The van der Waals surface area contributed by atoms with Crippen LogP contribution >= 0.6 is 0 Å². The predicted octanol–water partition coefficient (Wildman–Crippen LogP) is 1.05.